The highest BCUT2D eigenvalue weighted by molar-refractivity contribution is 5.06. The van der Waals surface area contributed by atoms with E-state index in [1.807, 2.05) is 12.3 Å². The van der Waals surface area contributed by atoms with Crippen LogP contribution in [-0.2, 0) is 26.2 Å². The Morgan fingerprint density at radius 1 is 0.913 bits per heavy atom. The number of furan rings is 1. The van der Waals surface area contributed by atoms with Crippen LogP contribution in [0.25, 0.3) is 0 Å². The number of aromatic nitrogens is 3. The molecule has 0 atom stereocenters. The fourth-order valence-electron chi connectivity index (χ4n) is 3.69. The summed E-state index contributed by atoms with van der Waals surface area (Å²) in [5.41, 5.74) is 1.23. The molecule has 6 heteroatoms. The number of likely N-dealkylation sites (tertiary alicyclic amines) is 1. The summed E-state index contributed by atoms with van der Waals surface area (Å²) in [7, 11) is 0. The van der Waals surface area contributed by atoms with Crippen molar-refractivity contribution in [1.82, 2.24) is 24.6 Å². The van der Waals surface area contributed by atoms with E-state index in [-0.39, 0.29) is 0 Å². The number of hydrogen-bond donors (Lipinski definition) is 0. The van der Waals surface area contributed by atoms with Crippen LogP contribution in [0.15, 0.2) is 23.0 Å². The predicted molar refractivity (Wildman–Crippen MR) is 86.6 cm³/mol. The van der Waals surface area contributed by atoms with Crippen molar-refractivity contribution in [2.75, 3.05) is 19.6 Å². The van der Waals surface area contributed by atoms with E-state index in [4.69, 9.17) is 4.42 Å². The molecule has 0 aromatic carbocycles. The van der Waals surface area contributed by atoms with Crippen LogP contribution in [0, 0.1) is 0 Å². The van der Waals surface area contributed by atoms with Gasteiger partial charge in [0.1, 0.15) is 11.6 Å². The third kappa shape index (κ3) is 3.48. The van der Waals surface area contributed by atoms with Gasteiger partial charge in [-0.05, 0) is 38.4 Å². The Kier molecular flexibility index (Phi) is 4.43. The standard InChI is InChI=1S/C17H25N5O/c1-2-6-20(7-3-1)12-16-18-19-17-13-21(8-4-9-22(16)17)11-15-5-10-23-14-15/h5,10,14H,1-4,6-9,11-13H2. The van der Waals surface area contributed by atoms with Gasteiger partial charge in [-0.25, -0.2) is 0 Å². The Morgan fingerprint density at radius 2 is 1.78 bits per heavy atom. The summed E-state index contributed by atoms with van der Waals surface area (Å²) in [4.78, 5) is 4.96. The Bertz CT molecular complexity index is 615. The first-order valence-electron chi connectivity index (χ1n) is 8.75. The average molecular weight is 315 g/mol. The second-order valence-electron chi connectivity index (χ2n) is 6.72. The van der Waals surface area contributed by atoms with Crippen molar-refractivity contribution < 1.29 is 4.42 Å². The molecule has 0 radical (unpaired) electrons. The molecule has 0 unspecified atom stereocenters. The first-order chi connectivity index (χ1) is 11.4. The Hall–Kier alpha value is -1.66. The molecule has 1 saturated heterocycles. The van der Waals surface area contributed by atoms with Crippen molar-refractivity contribution in [3.05, 3.63) is 35.8 Å². The second-order valence-corrected chi connectivity index (χ2v) is 6.72. The Morgan fingerprint density at radius 3 is 2.61 bits per heavy atom. The van der Waals surface area contributed by atoms with Crippen molar-refractivity contribution in [3.63, 3.8) is 0 Å². The number of piperidine rings is 1. The van der Waals surface area contributed by atoms with Gasteiger partial charge >= 0.3 is 0 Å². The molecule has 2 aliphatic rings. The normalized spacial score (nSPS) is 20.3. The molecule has 0 aliphatic carbocycles. The Labute approximate surface area is 137 Å². The van der Waals surface area contributed by atoms with E-state index in [0.29, 0.717) is 0 Å². The summed E-state index contributed by atoms with van der Waals surface area (Å²) < 4.78 is 7.53. The summed E-state index contributed by atoms with van der Waals surface area (Å²) in [5.74, 6) is 2.25. The van der Waals surface area contributed by atoms with Gasteiger partial charge in [0.15, 0.2) is 0 Å². The van der Waals surface area contributed by atoms with Crippen LogP contribution in [-0.4, -0.2) is 44.2 Å². The maximum atomic E-state index is 5.18. The van der Waals surface area contributed by atoms with Crippen LogP contribution < -0.4 is 0 Å². The summed E-state index contributed by atoms with van der Waals surface area (Å²) in [6, 6.07) is 2.04. The molecule has 124 valence electrons. The van der Waals surface area contributed by atoms with Gasteiger partial charge in [-0.3, -0.25) is 9.80 Å². The van der Waals surface area contributed by atoms with Crippen LogP contribution in [0.3, 0.4) is 0 Å². The molecule has 2 aliphatic heterocycles. The smallest absolute Gasteiger partial charge is 0.147 e. The van der Waals surface area contributed by atoms with Crippen molar-refractivity contribution >= 4 is 0 Å². The molecule has 4 rings (SSSR count). The minimum Gasteiger partial charge on any atom is -0.472 e. The van der Waals surface area contributed by atoms with E-state index in [0.717, 1.165) is 50.8 Å². The summed E-state index contributed by atoms with van der Waals surface area (Å²) in [6.45, 7) is 7.28. The highest BCUT2D eigenvalue weighted by Crippen LogP contribution is 2.18. The summed E-state index contributed by atoms with van der Waals surface area (Å²) in [5, 5.41) is 8.97. The zero-order valence-electron chi connectivity index (χ0n) is 13.7. The lowest BCUT2D eigenvalue weighted by molar-refractivity contribution is 0.212. The minimum absolute atomic E-state index is 0.873. The zero-order valence-corrected chi connectivity index (χ0v) is 13.7. The molecular weight excluding hydrogens is 290 g/mol. The number of rotatable bonds is 4. The lowest BCUT2D eigenvalue weighted by atomic mass is 10.1. The van der Waals surface area contributed by atoms with Crippen molar-refractivity contribution in [1.29, 1.82) is 0 Å². The second kappa shape index (κ2) is 6.84. The lowest BCUT2D eigenvalue weighted by Gasteiger charge is -2.25. The van der Waals surface area contributed by atoms with Gasteiger partial charge in [-0.15, -0.1) is 10.2 Å². The van der Waals surface area contributed by atoms with E-state index in [1.54, 1.807) is 6.26 Å². The third-order valence-corrected chi connectivity index (χ3v) is 4.93. The van der Waals surface area contributed by atoms with Crippen molar-refractivity contribution in [3.8, 4) is 0 Å². The van der Waals surface area contributed by atoms with Crippen molar-refractivity contribution in [2.45, 2.75) is 51.9 Å². The van der Waals surface area contributed by atoms with E-state index >= 15 is 0 Å². The molecule has 2 aromatic rings. The molecule has 1 fully saturated rings. The molecule has 23 heavy (non-hydrogen) atoms. The van der Waals surface area contributed by atoms with E-state index in [2.05, 4.69) is 24.6 Å². The van der Waals surface area contributed by atoms with Gasteiger partial charge in [0.25, 0.3) is 0 Å². The van der Waals surface area contributed by atoms with E-state index in [9.17, 15) is 0 Å². The van der Waals surface area contributed by atoms with Gasteiger partial charge in [-0.2, -0.15) is 0 Å². The van der Waals surface area contributed by atoms with Crippen LogP contribution in [0.1, 0.15) is 42.9 Å². The summed E-state index contributed by atoms with van der Waals surface area (Å²) >= 11 is 0. The molecule has 0 amide bonds. The highest BCUT2D eigenvalue weighted by Gasteiger charge is 2.21. The molecule has 2 aromatic heterocycles. The number of hydrogen-bond acceptors (Lipinski definition) is 5. The van der Waals surface area contributed by atoms with Crippen LogP contribution >= 0.6 is 0 Å². The number of nitrogens with zero attached hydrogens (tertiary/aromatic N) is 5. The Balaban J connectivity index is 1.44. The van der Waals surface area contributed by atoms with Crippen LogP contribution in [0.2, 0.25) is 0 Å². The molecule has 0 N–H and O–H groups in total. The maximum absolute atomic E-state index is 5.18. The highest BCUT2D eigenvalue weighted by atomic mass is 16.3. The molecule has 0 bridgehead atoms. The monoisotopic (exact) mass is 315 g/mol. The lowest BCUT2D eigenvalue weighted by Crippen LogP contribution is -2.30. The quantitative estimate of drug-likeness (QED) is 0.866. The molecule has 4 heterocycles. The summed E-state index contributed by atoms with van der Waals surface area (Å²) in [6.07, 6.45) is 8.73. The van der Waals surface area contributed by atoms with Gasteiger partial charge in [-0.1, -0.05) is 6.42 Å². The fourth-order valence-corrected chi connectivity index (χ4v) is 3.69. The van der Waals surface area contributed by atoms with Gasteiger partial charge < -0.3 is 8.98 Å². The first kappa shape index (κ1) is 14.9. The molecule has 0 spiro atoms. The number of fused-ring (bicyclic) bond motifs is 1. The fraction of sp³-hybridized carbons (Fsp3) is 0.647. The van der Waals surface area contributed by atoms with E-state index < -0.39 is 0 Å². The maximum Gasteiger partial charge on any atom is 0.147 e. The first-order valence-corrected chi connectivity index (χ1v) is 8.75. The minimum atomic E-state index is 0.873. The average Bonchev–Trinajstić information content (AvgIpc) is 3.15. The van der Waals surface area contributed by atoms with Crippen LogP contribution in [0.4, 0.5) is 0 Å². The molecular formula is C17H25N5O. The van der Waals surface area contributed by atoms with Gasteiger partial charge in [0.05, 0.1) is 25.6 Å². The van der Waals surface area contributed by atoms with Crippen LogP contribution in [0.5, 0.6) is 0 Å². The zero-order chi connectivity index (χ0) is 15.5. The van der Waals surface area contributed by atoms with Gasteiger partial charge in [0, 0.05) is 25.2 Å². The molecule has 0 saturated carbocycles. The largest absolute Gasteiger partial charge is 0.472 e. The van der Waals surface area contributed by atoms with Crippen molar-refractivity contribution in [2.24, 2.45) is 0 Å². The molecule has 6 nitrogen and oxygen atoms in total. The van der Waals surface area contributed by atoms with Gasteiger partial charge in [0.2, 0.25) is 0 Å². The predicted octanol–water partition coefficient (Wildman–Crippen LogP) is 2.26. The van der Waals surface area contributed by atoms with E-state index in [1.165, 1.54) is 37.9 Å². The topological polar surface area (TPSA) is 50.3 Å². The SMILES string of the molecule is c1cc(CN2CCCn3c(CN4CCCCC4)nnc3C2)co1. The third-order valence-electron chi connectivity index (χ3n) is 4.93.